The predicted molar refractivity (Wildman–Crippen MR) is 92.3 cm³/mol. The number of nitrogens with two attached hydrogens (primary N) is 2. The van der Waals surface area contributed by atoms with Gasteiger partial charge in [0.2, 0.25) is 11.9 Å². The summed E-state index contributed by atoms with van der Waals surface area (Å²) < 4.78 is 1.67. The SMILES string of the molecule is NC1=NC(c2cncc(Br)c2)N(c2cncc(Br)c2)C(N)=N1. The number of pyridine rings is 2. The molecule has 3 rings (SSSR count). The quantitative estimate of drug-likeness (QED) is 0.768. The van der Waals surface area contributed by atoms with E-state index in [1.54, 1.807) is 29.7 Å². The number of halogens is 2. The largest absolute Gasteiger partial charge is 0.369 e. The van der Waals surface area contributed by atoms with Crippen LogP contribution in [0.25, 0.3) is 0 Å². The van der Waals surface area contributed by atoms with Gasteiger partial charge in [0.15, 0.2) is 6.17 Å². The molecule has 0 saturated heterocycles. The van der Waals surface area contributed by atoms with E-state index in [0.717, 1.165) is 20.2 Å². The number of guanidine groups is 2. The third-order valence-electron chi connectivity index (χ3n) is 2.97. The van der Waals surface area contributed by atoms with Gasteiger partial charge >= 0.3 is 0 Å². The van der Waals surface area contributed by atoms with Crippen LogP contribution in [0.2, 0.25) is 0 Å². The average Bonchev–Trinajstić information content (AvgIpc) is 2.46. The Labute approximate surface area is 143 Å². The molecular formula is C13H11Br2N7. The molecule has 1 aliphatic rings. The van der Waals surface area contributed by atoms with Crippen LogP contribution in [0.15, 0.2) is 55.9 Å². The number of hydrogen-bond acceptors (Lipinski definition) is 7. The first-order chi connectivity index (χ1) is 10.5. The van der Waals surface area contributed by atoms with Gasteiger partial charge in [0.05, 0.1) is 11.9 Å². The van der Waals surface area contributed by atoms with Crippen molar-refractivity contribution in [3.8, 4) is 0 Å². The standard InChI is InChI=1S/C13H11Br2N7/c14-8-1-7(3-18-4-8)11-20-12(16)21-13(17)22(11)10-2-9(15)5-19-6-10/h1-6,11H,(H4,16,17,20,21). The highest BCUT2D eigenvalue weighted by Gasteiger charge is 2.28. The Morgan fingerprint density at radius 3 is 2.32 bits per heavy atom. The first-order valence-corrected chi connectivity index (χ1v) is 7.81. The Hall–Kier alpha value is -2.00. The van der Waals surface area contributed by atoms with Crippen LogP contribution in [0.5, 0.6) is 0 Å². The smallest absolute Gasteiger partial charge is 0.221 e. The molecule has 1 unspecified atom stereocenters. The van der Waals surface area contributed by atoms with Crippen molar-refractivity contribution in [1.29, 1.82) is 0 Å². The summed E-state index contributed by atoms with van der Waals surface area (Å²) in [4.78, 5) is 18.5. The Morgan fingerprint density at radius 2 is 1.64 bits per heavy atom. The van der Waals surface area contributed by atoms with Crippen LogP contribution in [0.4, 0.5) is 5.69 Å². The van der Waals surface area contributed by atoms with Crippen molar-refractivity contribution in [2.75, 3.05) is 4.90 Å². The van der Waals surface area contributed by atoms with Crippen LogP contribution >= 0.6 is 31.9 Å². The Bertz CT molecular complexity index is 774. The number of rotatable bonds is 2. The first kappa shape index (κ1) is 14.9. The number of nitrogens with zero attached hydrogens (tertiary/aromatic N) is 5. The number of hydrogen-bond donors (Lipinski definition) is 2. The minimum atomic E-state index is -0.460. The minimum Gasteiger partial charge on any atom is -0.369 e. The van der Waals surface area contributed by atoms with Crippen molar-refractivity contribution < 1.29 is 0 Å². The molecule has 9 heteroatoms. The summed E-state index contributed by atoms with van der Waals surface area (Å²) in [5.74, 6) is 0.374. The Morgan fingerprint density at radius 1 is 0.955 bits per heavy atom. The van der Waals surface area contributed by atoms with E-state index in [4.69, 9.17) is 11.5 Å². The van der Waals surface area contributed by atoms with Gasteiger partial charge < -0.3 is 11.5 Å². The van der Waals surface area contributed by atoms with Crippen molar-refractivity contribution in [2.45, 2.75) is 6.17 Å². The second-order valence-corrected chi connectivity index (χ2v) is 6.33. The van der Waals surface area contributed by atoms with Gasteiger partial charge in [0.25, 0.3) is 0 Å². The van der Waals surface area contributed by atoms with Crippen LogP contribution in [0.3, 0.4) is 0 Å². The third kappa shape index (κ3) is 2.95. The van der Waals surface area contributed by atoms with Gasteiger partial charge in [-0.15, -0.1) is 0 Å². The van der Waals surface area contributed by atoms with Crippen molar-refractivity contribution in [3.05, 3.63) is 51.4 Å². The van der Waals surface area contributed by atoms with Crippen LogP contribution in [0, 0.1) is 0 Å². The van der Waals surface area contributed by atoms with Gasteiger partial charge in [-0.3, -0.25) is 14.9 Å². The maximum absolute atomic E-state index is 6.06. The molecular weight excluding hydrogens is 414 g/mol. The number of aromatic nitrogens is 2. The molecule has 3 heterocycles. The second-order valence-electron chi connectivity index (χ2n) is 4.50. The van der Waals surface area contributed by atoms with E-state index in [9.17, 15) is 0 Å². The summed E-state index contributed by atoms with van der Waals surface area (Å²) >= 11 is 6.80. The number of anilines is 1. The normalized spacial score (nSPS) is 17.9. The summed E-state index contributed by atoms with van der Waals surface area (Å²) in [6, 6.07) is 3.79. The number of aliphatic imine (C=N–C) groups is 2. The van der Waals surface area contributed by atoms with Gasteiger partial charge in [-0.05, 0) is 44.0 Å². The van der Waals surface area contributed by atoms with Gasteiger partial charge in [-0.2, -0.15) is 4.99 Å². The molecule has 112 valence electrons. The molecule has 0 aliphatic carbocycles. The summed E-state index contributed by atoms with van der Waals surface area (Å²) in [5.41, 5.74) is 13.4. The van der Waals surface area contributed by atoms with Crippen LogP contribution < -0.4 is 16.4 Å². The Kier molecular flexibility index (Phi) is 4.08. The lowest BCUT2D eigenvalue weighted by Crippen LogP contribution is -2.44. The summed E-state index contributed by atoms with van der Waals surface area (Å²) in [5, 5.41) is 0. The highest BCUT2D eigenvalue weighted by Crippen LogP contribution is 2.31. The zero-order valence-electron chi connectivity index (χ0n) is 11.2. The van der Waals surface area contributed by atoms with Gasteiger partial charge in [0, 0.05) is 33.1 Å². The summed E-state index contributed by atoms with van der Waals surface area (Å²) in [7, 11) is 0. The van der Waals surface area contributed by atoms with Gasteiger partial charge in [0.1, 0.15) is 0 Å². The molecule has 1 atom stereocenters. The molecule has 7 nitrogen and oxygen atoms in total. The summed E-state index contributed by atoms with van der Waals surface area (Å²) in [6.45, 7) is 0. The predicted octanol–water partition coefficient (Wildman–Crippen LogP) is 2.15. The molecule has 0 saturated carbocycles. The summed E-state index contributed by atoms with van der Waals surface area (Å²) in [6.07, 6.45) is 6.32. The van der Waals surface area contributed by atoms with E-state index in [-0.39, 0.29) is 11.9 Å². The molecule has 0 amide bonds. The lowest BCUT2D eigenvalue weighted by molar-refractivity contribution is 0.730. The van der Waals surface area contributed by atoms with Crippen molar-refractivity contribution in [2.24, 2.45) is 21.5 Å². The lowest BCUT2D eigenvalue weighted by atomic mass is 10.2. The molecule has 2 aromatic heterocycles. The van der Waals surface area contributed by atoms with E-state index >= 15 is 0 Å². The second kappa shape index (κ2) is 6.01. The fraction of sp³-hybridized carbons (Fsp3) is 0.0769. The topological polar surface area (TPSA) is 106 Å². The first-order valence-electron chi connectivity index (χ1n) is 6.22. The fourth-order valence-corrected chi connectivity index (χ4v) is 2.84. The lowest BCUT2D eigenvalue weighted by Gasteiger charge is -2.32. The van der Waals surface area contributed by atoms with Gasteiger partial charge in [-0.1, -0.05) is 0 Å². The monoisotopic (exact) mass is 423 g/mol. The fourth-order valence-electron chi connectivity index (χ4n) is 2.11. The third-order valence-corrected chi connectivity index (χ3v) is 3.84. The van der Waals surface area contributed by atoms with E-state index in [0.29, 0.717) is 0 Å². The molecule has 0 spiro atoms. The maximum Gasteiger partial charge on any atom is 0.221 e. The van der Waals surface area contributed by atoms with Crippen molar-refractivity contribution in [1.82, 2.24) is 9.97 Å². The molecule has 4 N–H and O–H groups in total. The molecule has 2 aromatic rings. The molecule has 0 fully saturated rings. The maximum atomic E-state index is 6.06. The van der Waals surface area contributed by atoms with E-state index in [1.165, 1.54) is 0 Å². The highest BCUT2D eigenvalue weighted by molar-refractivity contribution is 9.10. The minimum absolute atomic E-state index is 0.127. The van der Waals surface area contributed by atoms with E-state index < -0.39 is 6.17 Å². The highest BCUT2D eigenvalue weighted by atomic mass is 79.9. The van der Waals surface area contributed by atoms with E-state index in [1.807, 2.05) is 12.1 Å². The molecule has 0 radical (unpaired) electrons. The zero-order chi connectivity index (χ0) is 15.7. The average molecular weight is 425 g/mol. The molecule has 0 aromatic carbocycles. The molecule has 0 bridgehead atoms. The van der Waals surface area contributed by atoms with Gasteiger partial charge in [-0.25, -0.2) is 4.99 Å². The molecule has 22 heavy (non-hydrogen) atoms. The molecule has 1 aliphatic heterocycles. The van der Waals surface area contributed by atoms with Crippen LogP contribution in [-0.2, 0) is 0 Å². The van der Waals surface area contributed by atoms with Crippen LogP contribution in [-0.4, -0.2) is 21.9 Å². The Balaban J connectivity index is 2.10. The zero-order valence-corrected chi connectivity index (χ0v) is 14.4. The van der Waals surface area contributed by atoms with Crippen molar-refractivity contribution >= 4 is 49.5 Å². The van der Waals surface area contributed by atoms with Crippen molar-refractivity contribution in [3.63, 3.8) is 0 Å². The van der Waals surface area contributed by atoms with Crippen LogP contribution in [0.1, 0.15) is 11.7 Å². The van der Waals surface area contributed by atoms with E-state index in [2.05, 4.69) is 51.8 Å².